The molecule has 0 fully saturated rings. The summed E-state index contributed by atoms with van der Waals surface area (Å²) in [7, 11) is -8.87. The summed E-state index contributed by atoms with van der Waals surface area (Å²) in [5.41, 5.74) is 18.9. The molecule has 2 aliphatic rings. The Hall–Kier alpha value is -5.08. The zero-order chi connectivity index (χ0) is 58.1. The highest BCUT2D eigenvalue weighted by Gasteiger charge is 2.32. The fourth-order valence-electron chi connectivity index (χ4n) is 9.92. The summed E-state index contributed by atoms with van der Waals surface area (Å²) >= 11 is 3.49. The van der Waals surface area contributed by atoms with Crippen molar-refractivity contribution in [3.63, 3.8) is 0 Å². The number of hydrogen-bond acceptors (Lipinski definition) is 12. The minimum Gasteiger partial charge on any atom is -0.494 e. The summed E-state index contributed by atoms with van der Waals surface area (Å²) in [5.74, 6) is 2.00. The third-order valence-corrected chi connectivity index (χ3v) is 17.5. The minimum absolute atomic E-state index is 0.0866. The first-order chi connectivity index (χ1) is 36.2. The van der Waals surface area contributed by atoms with Crippen LogP contribution in [-0.4, -0.2) is 92.8 Å². The molecule has 0 aromatic heterocycles. The number of halogens is 3. The average Bonchev–Trinajstić information content (AvgIpc) is 3.92. The molecule has 78 heavy (non-hydrogen) atoms. The lowest BCUT2D eigenvalue weighted by molar-refractivity contribution is 0.0503. The monoisotopic (exact) mass is 1200 g/mol. The van der Waals surface area contributed by atoms with Crippen LogP contribution >= 0.6 is 15.9 Å². The number of aryl methyl sites for hydroxylation is 6. The van der Waals surface area contributed by atoms with Gasteiger partial charge in [0.15, 0.2) is 0 Å². The number of fused-ring (bicyclic) bond motifs is 2. The van der Waals surface area contributed by atoms with Crippen LogP contribution in [0.25, 0.3) is 22.3 Å². The quantitative estimate of drug-likeness (QED) is 0.0790. The van der Waals surface area contributed by atoms with Crippen molar-refractivity contribution in [2.24, 2.45) is 5.73 Å². The number of rotatable bonds is 18. The van der Waals surface area contributed by atoms with Gasteiger partial charge in [-0.3, -0.25) is 0 Å². The number of amides is 1. The molecule has 5 aromatic rings. The standard InChI is InChI=1S/C26H34FNO5S.C21H26FNO3S.C12H17BrO3S/c1-16-14-18(32-12-7-13-34(6,30)31)15-17(2)23(16)19-8-10-21(27)24-20(19)9-11-22(24)28-25(29)33-26(3,4)5;1-13-11-15(26-9-4-10-27(3,24)25)12-14(2)20(13)16-5-7-18(22)21-17(16)6-8-19(21)23;1-9-7-11(8-10(2)12(9)13)16-5-4-6-17(3,14)15/h8,10,14-15,22H,7,9,11-13H2,1-6H3,(H,28,29);5,7,11-12,19H,4,6,8-10,23H2,1-3H3;7-8H,4-6H2,1-3H3/t22-;19-;/m11./s1. The topological polar surface area (TPSA) is 194 Å². The van der Waals surface area contributed by atoms with E-state index >= 15 is 0 Å². The molecular weight excluding hydrogens is 1130 g/mol. The first-order valence-electron chi connectivity index (χ1n) is 26.0. The smallest absolute Gasteiger partial charge is 0.408 e. The number of nitrogens with two attached hydrogens (primary N) is 1. The Balaban J connectivity index is 0.000000228. The lowest BCUT2D eigenvalue weighted by Crippen LogP contribution is -2.34. The summed E-state index contributed by atoms with van der Waals surface area (Å²) in [6, 6.07) is 17.6. The molecule has 7 rings (SSSR count). The van der Waals surface area contributed by atoms with E-state index in [0.29, 0.717) is 68.8 Å². The molecule has 2 atom stereocenters. The Morgan fingerprint density at radius 3 is 1.31 bits per heavy atom. The van der Waals surface area contributed by atoms with E-state index < -0.39 is 47.2 Å². The number of nitrogens with one attached hydrogen (secondary N) is 1. The van der Waals surface area contributed by atoms with Gasteiger partial charge in [-0.1, -0.05) is 28.1 Å². The maximum absolute atomic E-state index is 14.9. The number of carbonyl (C=O) groups is 1. The third-order valence-electron chi connectivity index (χ3n) is 13.2. The first kappa shape index (κ1) is 63.7. The molecule has 0 radical (unpaired) electrons. The fourth-order valence-corrected chi connectivity index (χ4v) is 12.1. The van der Waals surface area contributed by atoms with Gasteiger partial charge < -0.3 is 30.0 Å². The van der Waals surface area contributed by atoms with Gasteiger partial charge in [0.05, 0.1) is 43.1 Å². The molecule has 1 amide bonds. The maximum atomic E-state index is 14.9. The van der Waals surface area contributed by atoms with Gasteiger partial charge in [-0.25, -0.2) is 38.8 Å². The normalized spacial score (nSPS) is 15.0. The van der Waals surface area contributed by atoms with Crippen LogP contribution in [0.2, 0.25) is 0 Å². The van der Waals surface area contributed by atoms with Crippen molar-refractivity contribution < 1.29 is 57.8 Å². The van der Waals surface area contributed by atoms with Crippen molar-refractivity contribution in [2.75, 3.05) is 55.8 Å². The zero-order valence-corrected chi connectivity index (χ0v) is 51.1. The van der Waals surface area contributed by atoms with E-state index in [9.17, 15) is 38.8 Å². The second kappa shape index (κ2) is 26.9. The molecule has 13 nitrogen and oxygen atoms in total. The lowest BCUT2D eigenvalue weighted by atomic mass is 9.90. The van der Waals surface area contributed by atoms with Crippen molar-refractivity contribution >= 4 is 51.5 Å². The SMILES string of the molecule is Cc1cc(OCCCS(C)(=O)=O)cc(C)c1-c1ccc(F)c2c1CC[C@H]2N.Cc1cc(OCCCS(C)(=O)=O)cc(C)c1-c1ccc(F)c2c1CC[C@H]2NC(=O)OC(C)(C)C.Cc1cc(OCCCS(C)(=O)=O)cc(C)c1Br. The number of hydrogen-bond donors (Lipinski definition) is 2. The Morgan fingerprint density at radius 1 is 0.590 bits per heavy atom. The summed E-state index contributed by atoms with van der Waals surface area (Å²) in [6.45, 7) is 18.4. The molecule has 0 aliphatic heterocycles. The summed E-state index contributed by atoms with van der Waals surface area (Å²) in [5, 5.41) is 2.82. The molecule has 0 saturated carbocycles. The van der Waals surface area contributed by atoms with E-state index in [2.05, 4.69) is 21.2 Å². The lowest BCUT2D eigenvalue weighted by Gasteiger charge is -2.22. The molecule has 3 N–H and O–H groups in total. The van der Waals surface area contributed by atoms with Crippen LogP contribution in [-0.2, 0) is 47.1 Å². The second-order valence-corrected chi connectivity index (χ2v) is 29.2. The Labute approximate surface area is 470 Å². The van der Waals surface area contributed by atoms with Gasteiger partial charge >= 0.3 is 6.09 Å². The Morgan fingerprint density at radius 2 is 0.936 bits per heavy atom. The third kappa shape index (κ3) is 18.8. The fraction of sp³-hybridized carbons (Fsp3) is 0.475. The molecule has 0 heterocycles. The maximum Gasteiger partial charge on any atom is 0.408 e. The molecule has 19 heteroatoms. The summed E-state index contributed by atoms with van der Waals surface area (Å²) in [4.78, 5) is 12.3. The number of carbonyl (C=O) groups excluding carboxylic acids is 1. The van der Waals surface area contributed by atoms with Crippen molar-refractivity contribution in [1.82, 2.24) is 5.32 Å². The number of ether oxygens (including phenoxy) is 4. The van der Waals surface area contributed by atoms with Crippen LogP contribution in [0.4, 0.5) is 13.6 Å². The van der Waals surface area contributed by atoms with E-state index in [1.54, 1.807) is 26.8 Å². The summed E-state index contributed by atoms with van der Waals surface area (Å²) in [6.07, 6.45) is 7.32. The predicted octanol–water partition coefficient (Wildman–Crippen LogP) is 12.2. The highest BCUT2D eigenvalue weighted by molar-refractivity contribution is 9.10. The molecule has 0 spiro atoms. The average molecular weight is 1200 g/mol. The van der Waals surface area contributed by atoms with E-state index in [0.717, 1.165) is 95.6 Å². The Kier molecular flexibility index (Phi) is 22.0. The van der Waals surface area contributed by atoms with Crippen molar-refractivity contribution in [3.05, 3.63) is 132 Å². The van der Waals surface area contributed by atoms with Crippen LogP contribution in [0, 0.1) is 53.2 Å². The molecule has 5 aromatic carbocycles. The zero-order valence-electron chi connectivity index (χ0n) is 47.0. The molecular formula is C59H77BrF2N2O11S3. The number of sulfone groups is 3. The molecule has 0 unspecified atom stereocenters. The van der Waals surface area contributed by atoms with Crippen LogP contribution in [0.15, 0.2) is 65.1 Å². The molecule has 0 bridgehead atoms. The van der Waals surface area contributed by atoms with Gasteiger partial charge in [0.25, 0.3) is 0 Å². The van der Waals surface area contributed by atoms with Crippen molar-refractivity contribution in [3.8, 4) is 39.5 Å². The van der Waals surface area contributed by atoms with Gasteiger partial charge in [-0.05, 0) is 223 Å². The van der Waals surface area contributed by atoms with E-state index in [-0.39, 0.29) is 34.9 Å². The second-order valence-electron chi connectivity index (χ2n) is 21.6. The van der Waals surface area contributed by atoms with Gasteiger partial charge in [-0.15, -0.1) is 0 Å². The highest BCUT2D eigenvalue weighted by atomic mass is 79.9. The van der Waals surface area contributed by atoms with E-state index in [4.69, 9.17) is 24.7 Å². The van der Waals surface area contributed by atoms with Gasteiger partial charge in [0.1, 0.15) is 64.0 Å². The van der Waals surface area contributed by atoms with Gasteiger partial charge in [-0.2, -0.15) is 0 Å². The van der Waals surface area contributed by atoms with Crippen LogP contribution in [0.5, 0.6) is 17.2 Å². The van der Waals surface area contributed by atoms with Crippen LogP contribution in [0.1, 0.15) is 121 Å². The molecule has 2 aliphatic carbocycles. The highest BCUT2D eigenvalue weighted by Crippen LogP contribution is 2.43. The largest absolute Gasteiger partial charge is 0.494 e. The Bertz CT molecular complexity index is 3260. The van der Waals surface area contributed by atoms with Crippen LogP contribution < -0.4 is 25.3 Å². The summed E-state index contributed by atoms with van der Waals surface area (Å²) < 4.78 is 119. The number of alkyl carbamates (subject to hydrolysis) is 1. The van der Waals surface area contributed by atoms with E-state index in [1.165, 1.54) is 30.9 Å². The molecule has 428 valence electrons. The van der Waals surface area contributed by atoms with Crippen molar-refractivity contribution in [2.45, 2.75) is 125 Å². The van der Waals surface area contributed by atoms with Gasteiger partial charge in [0.2, 0.25) is 0 Å². The minimum atomic E-state index is -3.01. The van der Waals surface area contributed by atoms with E-state index in [1.807, 2.05) is 84.0 Å². The first-order valence-corrected chi connectivity index (χ1v) is 33.0. The number of benzene rings is 5. The van der Waals surface area contributed by atoms with Crippen LogP contribution in [0.3, 0.4) is 0 Å². The van der Waals surface area contributed by atoms with Gasteiger partial charge in [0, 0.05) is 40.4 Å². The predicted molar refractivity (Wildman–Crippen MR) is 311 cm³/mol. The van der Waals surface area contributed by atoms with Crippen molar-refractivity contribution in [1.29, 1.82) is 0 Å². The molecule has 0 saturated heterocycles.